The lowest BCUT2D eigenvalue weighted by atomic mass is 10.1. The fraction of sp³-hybridized carbons (Fsp3) is 0.182. The van der Waals surface area contributed by atoms with Crippen LogP contribution in [0.5, 0.6) is 0 Å². The molecular weight excluding hydrogens is 238 g/mol. The van der Waals surface area contributed by atoms with E-state index in [0.717, 1.165) is 11.3 Å². The highest BCUT2D eigenvalue weighted by Crippen LogP contribution is 2.26. The van der Waals surface area contributed by atoms with Crippen molar-refractivity contribution in [3.8, 4) is 11.3 Å². The van der Waals surface area contributed by atoms with E-state index in [2.05, 4.69) is 5.10 Å². The van der Waals surface area contributed by atoms with Gasteiger partial charge in [-0.3, -0.25) is 4.68 Å². The fourth-order valence-electron chi connectivity index (χ4n) is 1.68. The van der Waals surface area contributed by atoms with Gasteiger partial charge in [-0.25, -0.2) is 8.42 Å². The Morgan fingerprint density at radius 2 is 2.06 bits per heavy atom. The largest absolute Gasteiger partial charge is 0.396 e. The summed E-state index contributed by atoms with van der Waals surface area (Å²) in [6, 6.07) is 6.66. The van der Waals surface area contributed by atoms with Crippen LogP contribution in [0, 0.1) is 0 Å². The predicted octanol–water partition coefficient (Wildman–Crippen LogP) is 1.07. The lowest BCUT2D eigenvalue weighted by Gasteiger charge is -2.05. The summed E-state index contributed by atoms with van der Waals surface area (Å²) in [4.78, 5) is 0.274. The molecule has 1 aromatic heterocycles. The van der Waals surface area contributed by atoms with Crippen molar-refractivity contribution in [2.24, 2.45) is 7.05 Å². The van der Waals surface area contributed by atoms with E-state index in [0.29, 0.717) is 5.69 Å². The van der Waals surface area contributed by atoms with E-state index < -0.39 is 9.84 Å². The van der Waals surface area contributed by atoms with Gasteiger partial charge in [0.2, 0.25) is 0 Å². The Labute approximate surface area is 99.8 Å². The van der Waals surface area contributed by atoms with Crippen LogP contribution >= 0.6 is 0 Å². The van der Waals surface area contributed by atoms with Gasteiger partial charge in [0, 0.05) is 18.9 Å². The molecular formula is C11H13N3O2S. The molecule has 1 aromatic carbocycles. The number of anilines is 1. The first-order valence-electron chi connectivity index (χ1n) is 4.97. The number of benzene rings is 1. The summed E-state index contributed by atoms with van der Waals surface area (Å²) in [7, 11) is -1.45. The van der Waals surface area contributed by atoms with Crippen LogP contribution in [-0.4, -0.2) is 24.5 Å². The second-order valence-electron chi connectivity index (χ2n) is 3.87. The molecule has 0 fully saturated rings. The molecule has 90 valence electrons. The van der Waals surface area contributed by atoms with Crippen molar-refractivity contribution in [1.29, 1.82) is 0 Å². The summed E-state index contributed by atoms with van der Waals surface area (Å²) in [5.41, 5.74) is 7.79. The van der Waals surface area contributed by atoms with E-state index in [-0.39, 0.29) is 4.90 Å². The summed E-state index contributed by atoms with van der Waals surface area (Å²) in [5, 5.41) is 4.03. The number of aryl methyl sites for hydroxylation is 1. The monoisotopic (exact) mass is 251 g/mol. The molecule has 17 heavy (non-hydrogen) atoms. The molecule has 5 nitrogen and oxygen atoms in total. The van der Waals surface area contributed by atoms with Crippen LogP contribution in [0.4, 0.5) is 5.69 Å². The van der Waals surface area contributed by atoms with E-state index in [1.807, 2.05) is 6.07 Å². The van der Waals surface area contributed by atoms with Gasteiger partial charge in [-0.05, 0) is 12.1 Å². The summed E-state index contributed by atoms with van der Waals surface area (Å²) in [6.07, 6.45) is 2.72. The molecule has 0 saturated carbocycles. The first kappa shape index (κ1) is 11.7. The zero-order valence-corrected chi connectivity index (χ0v) is 10.4. The van der Waals surface area contributed by atoms with E-state index in [1.165, 1.54) is 6.26 Å². The molecule has 0 spiro atoms. The van der Waals surface area contributed by atoms with Crippen LogP contribution in [0.2, 0.25) is 0 Å². The van der Waals surface area contributed by atoms with Crippen molar-refractivity contribution in [3.05, 3.63) is 30.5 Å². The minimum Gasteiger partial charge on any atom is -0.396 e. The lowest BCUT2D eigenvalue weighted by molar-refractivity contribution is 0.602. The van der Waals surface area contributed by atoms with E-state index in [9.17, 15) is 8.42 Å². The van der Waals surface area contributed by atoms with Gasteiger partial charge in [-0.1, -0.05) is 12.1 Å². The van der Waals surface area contributed by atoms with Crippen LogP contribution in [0.25, 0.3) is 11.3 Å². The van der Waals surface area contributed by atoms with Crippen molar-refractivity contribution >= 4 is 15.5 Å². The molecule has 1 heterocycles. The Balaban J connectivity index is 2.63. The third-order valence-electron chi connectivity index (χ3n) is 2.50. The van der Waals surface area contributed by atoms with Crippen molar-refractivity contribution in [3.63, 3.8) is 0 Å². The minimum absolute atomic E-state index is 0.274. The van der Waals surface area contributed by atoms with Crippen LogP contribution in [0.15, 0.2) is 35.4 Å². The number of nitrogens with two attached hydrogens (primary N) is 1. The van der Waals surface area contributed by atoms with Crippen LogP contribution < -0.4 is 5.73 Å². The molecule has 0 atom stereocenters. The Bertz CT molecular complexity index is 640. The SMILES string of the molecule is Cn1ncc(N)c1-c1cccc(S(C)(=O)=O)c1. The Kier molecular flexibility index (Phi) is 2.66. The zero-order valence-electron chi connectivity index (χ0n) is 9.58. The normalized spacial score (nSPS) is 11.6. The van der Waals surface area contributed by atoms with Crippen molar-refractivity contribution in [1.82, 2.24) is 9.78 Å². The maximum absolute atomic E-state index is 11.5. The fourth-order valence-corrected chi connectivity index (χ4v) is 2.35. The standard InChI is InChI=1S/C11H13N3O2S/c1-14-11(10(12)7-13-14)8-4-3-5-9(6-8)17(2,15)16/h3-7H,12H2,1-2H3. The smallest absolute Gasteiger partial charge is 0.175 e. The number of aromatic nitrogens is 2. The number of nitrogens with zero attached hydrogens (tertiary/aromatic N) is 2. The van der Waals surface area contributed by atoms with Gasteiger partial charge in [0.25, 0.3) is 0 Å². The third kappa shape index (κ3) is 2.16. The first-order chi connectivity index (χ1) is 7.89. The summed E-state index contributed by atoms with van der Waals surface area (Å²) >= 11 is 0. The zero-order chi connectivity index (χ0) is 12.6. The average molecular weight is 251 g/mol. The Hall–Kier alpha value is -1.82. The Morgan fingerprint density at radius 3 is 2.59 bits per heavy atom. The number of hydrogen-bond acceptors (Lipinski definition) is 4. The van der Waals surface area contributed by atoms with Crippen LogP contribution in [0.1, 0.15) is 0 Å². The van der Waals surface area contributed by atoms with Gasteiger partial charge in [-0.15, -0.1) is 0 Å². The maximum atomic E-state index is 11.5. The van der Waals surface area contributed by atoms with Gasteiger partial charge >= 0.3 is 0 Å². The molecule has 0 radical (unpaired) electrons. The molecule has 0 aliphatic heterocycles. The van der Waals surface area contributed by atoms with Gasteiger partial charge in [0.15, 0.2) is 9.84 Å². The predicted molar refractivity (Wildman–Crippen MR) is 66.2 cm³/mol. The minimum atomic E-state index is -3.21. The molecule has 0 amide bonds. The van der Waals surface area contributed by atoms with E-state index in [4.69, 9.17) is 5.73 Å². The second-order valence-corrected chi connectivity index (χ2v) is 5.89. The second kappa shape index (κ2) is 3.89. The lowest BCUT2D eigenvalue weighted by Crippen LogP contribution is -1.99. The molecule has 6 heteroatoms. The molecule has 0 saturated heterocycles. The summed E-state index contributed by atoms with van der Waals surface area (Å²) in [5.74, 6) is 0. The highest BCUT2D eigenvalue weighted by Gasteiger charge is 2.12. The molecule has 0 bridgehead atoms. The summed E-state index contributed by atoms with van der Waals surface area (Å²) < 4.78 is 24.6. The third-order valence-corrected chi connectivity index (χ3v) is 3.61. The molecule has 2 N–H and O–H groups in total. The van der Waals surface area contributed by atoms with Crippen LogP contribution in [0.3, 0.4) is 0 Å². The number of hydrogen-bond donors (Lipinski definition) is 1. The number of nitrogen functional groups attached to an aromatic ring is 1. The van der Waals surface area contributed by atoms with Gasteiger partial charge in [0.05, 0.1) is 22.5 Å². The van der Waals surface area contributed by atoms with Gasteiger partial charge in [-0.2, -0.15) is 5.10 Å². The molecule has 0 unspecified atom stereocenters. The summed E-state index contributed by atoms with van der Waals surface area (Å²) in [6.45, 7) is 0. The molecule has 0 aliphatic carbocycles. The topological polar surface area (TPSA) is 78.0 Å². The molecule has 2 rings (SSSR count). The highest BCUT2D eigenvalue weighted by atomic mass is 32.2. The number of sulfone groups is 1. The first-order valence-corrected chi connectivity index (χ1v) is 6.86. The average Bonchev–Trinajstić information content (AvgIpc) is 2.57. The number of rotatable bonds is 2. The Morgan fingerprint density at radius 1 is 1.35 bits per heavy atom. The molecule has 2 aromatic rings. The quantitative estimate of drug-likeness (QED) is 0.866. The van der Waals surface area contributed by atoms with E-state index >= 15 is 0 Å². The maximum Gasteiger partial charge on any atom is 0.175 e. The van der Waals surface area contributed by atoms with Gasteiger partial charge in [0.1, 0.15) is 0 Å². The van der Waals surface area contributed by atoms with Gasteiger partial charge < -0.3 is 5.73 Å². The van der Waals surface area contributed by atoms with E-state index in [1.54, 1.807) is 36.1 Å². The van der Waals surface area contributed by atoms with Crippen LogP contribution in [-0.2, 0) is 16.9 Å². The highest BCUT2D eigenvalue weighted by molar-refractivity contribution is 7.90. The van der Waals surface area contributed by atoms with Crippen molar-refractivity contribution < 1.29 is 8.42 Å². The van der Waals surface area contributed by atoms with Crippen molar-refractivity contribution in [2.75, 3.05) is 12.0 Å². The van der Waals surface area contributed by atoms with Crippen molar-refractivity contribution in [2.45, 2.75) is 4.90 Å². The molecule has 0 aliphatic rings.